The van der Waals surface area contributed by atoms with Gasteiger partial charge in [0.15, 0.2) is 0 Å². The lowest BCUT2D eigenvalue weighted by Crippen LogP contribution is -2.41. The van der Waals surface area contributed by atoms with Gasteiger partial charge >= 0.3 is 0 Å². The molecule has 6 nitrogen and oxygen atoms in total. The van der Waals surface area contributed by atoms with E-state index < -0.39 is 5.91 Å². The molecule has 2 aromatic rings. The van der Waals surface area contributed by atoms with Crippen LogP contribution in [0.5, 0.6) is 5.75 Å². The summed E-state index contributed by atoms with van der Waals surface area (Å²) in [5.41, 5.74) is 5.06. The first-order chi connectivity index (χ1) is 11.5. The minimum atomic E-state index is -0.430. The third-order valence-electron chi connectivity index (χ3n) is 3.23. The molecule has 0 radical (unpaired) electrons. The molecule has 2 N–H and O–H groups in total. The maximum absolute atomic E-state index is 12.7. The van der Waals surface area contributed by atoms with E-state index in [9.17, 15) is 14.0 Å². The van der Waals surface area contributed by atoms with Crippen molar-refractivity contribution in [3.8, 4) is 5.75 Å². The fourth-order valence-electron chi connectivity index (χ4n) is 2.07. The number of hydrazine groups is 1. The second kappa shape index (κ2) is 8.14. The molecule has 0 spiro atoms. The summed E-state index contributed by atoms with van der Waals surface area (Å²) in [5, 5.41) is 0. The van der Waals surface area contributed by atoms with E-state index in [1.54, 1.807) is 19.9 Å². The minimum Gasteiger partial charge on any atom is -0.494 e. The summed E-state index contributed by atoms with van der Waals surface area (Å²) in [6, 6.07) is 7.25. The monoisotopic (exact) mass is 334 g/mol. The van der Waals surface area contributed by atoms with Gasteiger partial charge in [0.05, 0.1) is 12.2 Å². The molecule has 2 amide bonds. The maximum atomic E-state index is 12.7. The van der Waals surface area contributed by atoms with Gasteiger partial charge in [0, 0.05) is 6.42 Å². The van der Waals surface area contributed by atoms with Gasteiger partial charge < -0.3 is 9.15 Å². The molecular formula is C17H19FN2O4. The van der Waals surface area contributed by atoms with Crippen LogP contribution in [0.15, 0.2) is 34.7 Å². The van der Waals surface area contributed by atoms with E-state index in [0.29, 0.717) is 35.9 Å². The maximum Gasteiger partial charge on any atom is 0.273 e. The Balaban J connectivity index is 1.65. The van der Waals surface area contributed by atoms with Crippen LogP contribution >= 0.6 is 0 Å². The number of ether oxygens (including phenoxy) is 1. The van der Waals surface area contributed by atoms with Gasteiger partial charge in [-0.05, 0) is 50.6 Å². The molecule has 0 fully saturated rings. The third kappa shape index (κ3) is 5.12. The molecule has 1 heterocycles. The Bertz CT molecular complexity index is 710. The Morgan fingerprint density at radius 1 is 1.17 bits per heavy atom. The summed E-state index contributed by atoms with van der Waals surface area (Å²) in [4.78, 5) is 23.6. The predicted molar refractivity (Wildman–Crippen MR) is 84.9 cm³/mol. The zero-order valence-corrected chi connectivity index (χ0v) is 13.5. The molecule has 1 aromatic carbocycles. The van der Waals surface area contributed by atoms with E-state index in [4.69, 9.17) is 9.15 Å². The summed E-state index contributed by atoms with van der Waals surface area (Å²) in [5.74, 6) is 0.564. The molecule has 2 rings (SSSR count). The summed E-state index contributed by atoms with van der Waals surface area (Å²) in [7, 11) is 0. The van der Waals surface area contributed by atoms with E-state index in [2.05, 4.69) is 10.9 Å². The molecule has 24 heavy (non-hydrogen) atoms. The van der Waals surface area contributed by atoms with E-state index in [1.165, 1.54) is 24.3 Å². The molecule has 0 aliphatic rings. The van der Waals surface area contributed by atoms with Crippen molar-refractivity contribution in [3.63, 3.8) is 0 Å². The topological polar surface area (TPSA) is 80.6 Å². The number of benzene rings is 1. The first kappa shape index (κ1) is 17.5. The van der Waals surface area contributed by atoms with Gasteiger partial charge in [-0.2, -0.15) is 0 Å². The molecule has 0 saturated heterocycles. The molecule has 128 valence electrons. The second-order valence-corrected chi connectivity index (χ2v) is 5.24. The number of hydrogen-bond donors (Lipinski definition) is 2. The van der Waals surface area contributed by atoms with E-state index in [-0.39, 0.29) is 18.1 Å². The molecule has 7 heteroatoms. The van der Waals surface area contributed by atoms with Crippen LogP contribution in [0, 0.1) is 19.7 Å². The van der Waals surface area contributed by atoms with Crippen molar-refractivity contribution in [2.75, 3.05) is 6.61 Å². The van der Waals surface area contributed by atoms with Crippen molar-refractivity contribution in [2.45, 2.75) is 26.7 Å². The zero-order chi connectivity index (χ0) is 17.5. The van der Waals surface area contributed by atoms with Gasteiger partial charge in [0.1, 0.15) is 23.1 Å². The van der Waals surface area contributed by atoms with Crippen molar-refractivity contribution in [1.29, 1.82) is 0 Å². The van der Waals surface area contributed by atoms with Crippen LogP contribution in [-0.4, -0.2) is 18.4 Å². The number of carbonyl (C=O) groups is 2. The van der Waals surface area contributed by atoms with E-state index in [0.717, 1.165) is 0 Å². The lowest BCUT2D eigenvalue weighted by molar-refractivity contribution is -0.122. The van der Waals surface area contributed by atoms with Crippen molar-refractivity contribution < 1.29 is 23.1 Å². The van der Waals surface area contributed by atoms with Crippen molar-refractivity contribution >= 4 is 11.8 Å². The van der Waals surface area contributed by atoms with Gasteiger partial charge in [-0.15, -0.1) is 0 Å². The highest BCUT2D eigenvalue weighted by Crippen LogP contribution is 2.13. The van der Waals surface area contributed by atoms with Crippen molar-refractivity contribution in [3.05, 3.63) is 53.2 Å². The van der Waals surface area contributed by atoms with Crippen LogP contribution in [0.2, 0.25) is 0 Å². The number of rotatable bonds is 6. The molecule has 1 aromatic heterocycles. The number of hydrogen-bond acceptors (Lipinski definition) is 4. The molecule has 0 atom stereocenters. The van der Waals surface area contributed by atoms with Crippen molar-refractivity contribution in [1.82, 2.24) is 10.9 Å². The Morgan fingerprint density at radius 3 is 2.50 bits per heavy atom. The SMILES string of the molecule is Cc1cc(C(=O)NNC(=O)CCCOc2ccc(F)cc2)c(C)o1. The quantitative estimate of drug-likeness (QED) is 0.629. The number of furan rings is 1. The number of halogens is 1. The standard InChI is InChI=1S/C17H19FN2O4/c1-11-10-15(12(2)24-11)17(22)20-19-16(21)4-3-9-23-14-7-5-13(18)6-8-14/h5-8,10H,3-4,9H2,1-2H3,(H,19,21)(H,20,22). The lowest BCUT2D eigenvalue weighted by atomic mass is 10.2. The number of amides is 2. The van der Waals surface area contributed by atoms with Gasteiger partial charge in [0.2, 0.25) is 5.91 Å². The average molecular weight is 334 g/mol. The van der Waals surface area contributed by atoms with E-state index >= 15 is 0 Å². The van der Waals surface area contributed by atoms with Gasteiger partial charge in [-0.25, -0.2) is 4.39 Å². The van der Waals surface area contributed by atoms with Crippen LogP contribution in [0.25, 0.3) is 0 Å². The summed E-state index contributed by atoms with van der Waals surface area (Å²) < 4.78 is 23.4. The largest absolute Gasteiger partial charge is 0.494 e. The molecular weight excluding hydrogens is 315 g/mol. The second-order valence-electron chi connectivity index (χ2n) is 5.24. The first-order valence-electron chi connectivity index (χ1n) is 7.50. The molecule has 0 aliphatic heterocycles. The first-order valence-corrected chi connectivity index (χ1v) is 7.50. The van der Waals surface area contributed by atoms with Crippen LogP contribution in [0.3, 0.4) is 0 Å². The molecule has 0 unspecified atom stereocenters. The van der Waals surface area contributed by atoms with Crippen molar-refractivity contribution in [2.24, 2.45) is 0 Å². The number of carbonyl (C=O) groups excluding carboxylic acids is 2. The van der Waals surface area contributed by atoms with Crippen LogP contribution < -0.4 is 15.6 Å². The summed E-state index contributed by atoms with van der Waals surface area (Å²) >= 11 is 0. The highest BCUT2D eigenvalue weighted by atomic mass is 19.1. The van der Waals surface area contributed by atoms with Crippen LogP contribution in [-0.2, 0) is 4.79 Å². The van der Waals surface area contributed by atoms with Crippen LogP contribution in [0.4, 0.5) is 4.39 Å². The highest BCUT2D eigenvalue weighted by Gasteiger charge is 2.13. The fourth-order valence-corrected chi connectivity index (χ4v) is 2.07. The average Bonchev–Trinajstić information content (AvgIpc) is 2.89. The molecule has 0 saturated carbocycles. The third-order valence-corrected chi connectivity index (χ3v) is 3.23. The number of aryl methyl sites for hydroxylation is 2. The normalized spacial score (nSPS) is 10.3. The Morgan fingerprint density at radius 2 is 1.88 bits per heavy atom. The summed E-state index contributed by atoms with van der Waals surface area (Å²) in [6.45, 7) is 3.73. The highest BCUT2D eigenvalue weighted by molar-refractivity contribution is 5.96. The summed E-state index contributed by atoms with van der Waals surface area (Å²) in [6.07, 6.45) is 0.647. The minimum absolute atomic E-state index is 0.185. The predicted octanol–water partition coefficient (Wildman–Crippen LogP) is 2.66. The zero-order valence-electron chi connectivity index (χ0n) is 13.5. The van der Waals surface area contributed by atoms with Gasteiger partial charge in [-0.3, -0.25) is 20.4 Å². The Hall–Kier alpha value is -2.83. The Kier molecular flexibility index (Phi) is 5.95. The van der Waals surface area contributed by atoms with Gasteiger partial charge in [-0.1, -0.05) is 0 Å². The van der Waals surface area contributed by atoms with Gasteiger partial charge in [0.25, 0.3) is 5.91 Å². The fraction of sp³-hybridized carbons (Fsp3) is 0.294. The van der Waals surface area contributed by atoms with Crippen LogP contribution in [0.1, 0.15) is 34.7 Å². The lowest BCUT2D eigenvalue weighted by Gasteiger charge is -2.08. The molecule has 0 aliphatic carbocycles. The van der Waals surface area contributed by atoms with E-state index in [1.807, 2.05) is 0 Å². The smallest absolute Gasteiger partial charge is 0.273 e. The number of nitrogens with one attached hydrogen (secondary N) is 2. The molecule has 0 bridgehead atoms. The Labute approximate surface area is 139 Å².